The van der Waals surface area contributed by atoms with Crippen molar-refractivity contribution in [2.24, 2.45) is 0 Å². The molecule has 96 valence electrons. The van der Waals surface area contributed by atoms with Crippen molar-refractivity contribution >= 4 is 0 Å². The predicted octanol–water partition coefficient (Wildman–Crippen LogP) is 2.78. The fourth-order valence-corrected chi connectivity index (χ4v) is 2.19. The highest BCUT2D eigenvalue weighted by Crippen LogP contribution is 2.30. The first-order chi connectivity index (χ1) is 8.46. The van der Waals surface area contributed by atoms with Crippen LogP contribution in [0.5, 0.6) is 0 Å². The van der Waals surface area contributed by atoms with E-state index in [1.54, 1.807) is 6.20 Å². The van der Waals surface area contributed by atoms with Gasteiger partial charge in [-0.3, -0.25) is 4.68 Å². The molecule has 2 aromatic rings. The van der Waals surface area contributed by atoms with Crippen LogP contribution in [0.1, 0.15) is 36.2 Å². The van der Waals surface area contributed by atoms with E-state index in [0.717, 1.165) is 17.8 Å². The van der Waals surface area contributed by atoms with E-state index in [-0.39, 0.29) is 0 Å². The summed E-state index contributed by atoms with van der Waals surface area (Å²) in [7, 11) is 0. The number of hydrogen-bond donors (Lipinski definition) is 1. The molecule has 0 saturated carbocycles. The van der Waals surface area contributed by atoms with Crippen LogP contribution in [0, 0.1) is 13.8 Å². The van der Waals surface area contributed by atoms with Gasteiger partial charge in [-0.25, -0.2) is 0 Å². The van der Waals surface area contributed by atoms with Crippen LogP contribution in [0.2, 0.25) is 0 Å². The standard InChI is InChI=1S/C15H20N2O/c1-5-17-14(8-9-16-17)15(4,18)13-7-6-11(2)12(3)10-13/h6-10,18H,5H2,1-4H3. The van der Waals surface area contributed by atoms with Crippen LogP contribution in [-0.2, 0) is 12.1 Å². The molecule has 1 atom stereocenters. The average molecular weight is 244 g/mol. The van der Waals surface area contributed by atoms with Gasteiger partial charge in [0.25, 0.3) is 0 Å². The van der Waals surface area contributed by atoms with E-state index in [2.05, 4.69) is 18.9 Å². The second kappa shape index (κ2) is 4.58. The van der Waals surface area contributed by atoms with Crippen LogP contribution in [0.4, 0.5) is 0 Å². The average Bonchev–Trinajstić information content (AvgIpc) is 2.81. The van der Waals surface area contributed by atoms with Crippen molar-refractivity contribution in [2.75, 3.05) is 0 Å². The second-order valence-corrected chi connectivity index (χ2v) is 4.90. The number of aryl methyl sites for hydroxylation is 3. The Balaban J connectivity index is 2.50. The van der Waals surface area contributed by atoms with Gasteiger partial charge in [-0.1, -0.05) is 18.2 Å². The Hall–Kier alpha value is -1.61. The summed E-state index contributed by atoms with van der Waals surface area (Å²) in [4.78, 5) is 0. The molecule has 0 aliphatic heterocycles. The molecule has 0 aliphatic carbocycles. The summed E-state index contributed by atoms with van der Waals surface area (Å²) in [5.74, 6) is 0. The Morgan fingerprint density at radius 2 is 1.94 bits per heavy atom. The van der Waals surface area contributed by atoms with Crippen LogP contribution in [-0.4, -0.2) is 14.9 Å². The van der Waals surface area contributed by atoms with Gasteiger partial charge in [0.05, 0.1) is 5.69 Å². The fraction of sp³-hybridized carbons (Fsp3) is 0.400. The smallest absolute Gasteiger partial charge is 0.128 e. The minimum absolute atomic E-state index is 0.753. The van der Waals surface area contributed by atoms with E-state index in [1.165, 1.54) is 11.1 Å². The molecule has 0 radical (unpaired) electrons. The molecule has 1 N–H and O–H groups in total. The summed E-state index contributed by atoms with van der Waals surface area (Å²) in [6.45, 7) is 8.73. The molecular weight excluding hydrogens is 224 g/mol. The van der Waals surface area contributed by atoms with Crippen LogP contribution in [0.15, 0.2) is 30.5 Å². The Bertz CT molecular complexity index is 555. The monoisotopic (exact) mass is 244 g/mol. The maximum Gasteiger partial charge on any atom is 0.128 e. The lowest BCUT2D eigenvalue weighted by Gasteiger charge is -2.25. The lowest BCUT2D eigenvalue weighted by molar-refractivity contribution is 0.0917. The largest absolute Gasteiger partial charge is 0.379 e. The van der Waals surface area contributed by atoms with Crippen molar-refractivity contribution in [1.82, 2.24) is 9.78 Å². The van der Waals surface area contributed by atoms with Gasteiger partial charge < -0.3 is 5.11 Å². The highest BCUT2D eigenvalue weighted by atomic mass is 16.3. The SMILES string of the molecule is CCn1nccc1C(C)(O)c1ccc(C)c(C)c1. The van der Waals surface area contributed by atoms with Crippen LogP contribution in [0.25, 0.3) is 0 Å². The fourth-order valence-electron chi connectivity index (χ4n) is 2.19. The van der Waals surface area contributed by atoms with Gasteiger partial charge in [0.15, 0.2) is 0 Å². The number of nitrogens with zero attached hydrogens (tertiary/aromatic N) is 2. The van der Waals surface area contributed by atoms with E-state index in [1.807, 2.05) is 42.8 Å². The van der Waals surface area contributed by atoms with E-state index >= 15 is 0 Å². The Labute approximate surface area is 108 Å². The van der Waals surface area contributed by atoms with E-state index in [4.69, 9.17) is 0 Å². The number of aromatic nitrogens is 2. The van der Waals surface area contributed by atoms with Crippen LogP contribution >= 0.6 is 0 Å². The Morgan fingerprint density at radius 3 is 2.56 bits per heavy atom. The molecule has 3 nitrogen and oxygen atoms in total. The zero-order chi connectivity index (χ0) is 13.3. The summed E-state index contributed by atoms with van der Waals surface area (Å²) in [6, 6.07) is 7.95. The van der Waals surface area contributed by atoms with Gasteiger partial charge in [0, 0.05) is 12.7 Å². The molecule has 0 bridgehead atoms. The van der Waals surface area contributed by atoms with Crippen molar-refractivity contribution in [3.05, 3.63) is 52.8 Å². The molecule has 1 aromatic heterocycles. The first-order valence-corrected chi connectivity index (χ1v) is 6.29. The van der Waals surface area contributed by atoms with Crippen LogP contribution < -0.4 is 0 Å². The zero-order valence-corrected chi connectivity index (χ0v) is 11.4. The van der Waals surface area contributed by atoms with Gasteiger partial charge in [-0.2, -0.15) is 5.10 Å². The third kappa shape index (κ3) is 2.06. The Kier molecular flexibility index (Phi) is 3.26. The van der Waals surface area contributed by atoms with Crippen molar-refractivity contribution in [3.63, 3.8) is 0 Å². The highest BCUT2D eigenvalue weighted by Gasteiger charge is 2.29. The summed E-state index contributed by atoms with van der Waals surface area (Å²) in [6.07, 6.45) is 1.73. The molecule has 0 saturated heterocycles. The number of rotatable bonds is 3. The van der Waals surface area contributed by atoms with Crippen molar-refractivity contribution in [1.29, 1.82) is 0 Å². The van der Waals surface area contributed by atoms with E-state index in [0.29, 0.717) is 0 Å². The number of aliphatic hydroxyl groups is 1. The third-order valence-corrected chi connectivity index (χ3v) is 3.58. The van der Waals surface area contributed by atoms with E-state index < -0.39 is 5.60 Å². The van der Waals surface area contributed by atoms with Gasteiger partial charge in [-0.15, -0.1) is 0 Å². The molecule has 18 heavy (non-hydrogen) atoms. The molecule has 1 unspecified atom stereocenters. The maximum absolute atomic E-state index is 10.8. The van der Waals surface area contributed by atoms with Crippen LogP contribution in [0.3, 0.4) is 0 Å². The number of benzene rings is 1. The third-order valence-electron chi connectivity index (χ3n) is 3.58. The van der Waals surface area contributed by atoms with Gasteiger partial charge in [-0.05, 0) is 50.5 Å². The summed E-state index contributed by atoms with van der Waals surface area (Å²) < 4.78 is 1.83. The minimum Gasteiger partial charge on any atom is -0.379 e. The summed E-state index contributed by atoms with van der Waals surface area (Å²) >= 11 is 0. The lowest BCUT2D eigenvalue weighted by Crippen LogP contribution is -2.27. The first-order valence-electron chi connectivity index (χ1n) is 6.29. The topological polar surface area (TPSA) is 38.0 Å². The molecule has 1 aromatic carbocycles. The van der Waals surface area contributed by atoms with E-state index in [9.17, 15) is 5.11 Å². The normalized spacial score (nSPS) is 14.5. The summed E-state index contributed by atoms with van der Waals surface area (Å²) in [5, 5.41) is 15.0. The molecule has 2 rings (SSSR count). The molecule has 0 amide bonds. The van der Waals surface area contributed by atoms with Crippen molar-refractivity contribution in [3.8, 4) is 0 Å². The maximum atomic E-state index is 10.8. The van der Waals surface area contributed by atoms with Crippen molar-refractivity contribution in [2.45, 2.75) is 39.8 Å². The molecule has 0 aliphatic rings. The second-order valence-electron chi connectivity index (χ2n) is 4.90. The first kappa shape index (κ1) is 12.8. The number of hydrogen-bond acceptors (Lipinski definition) is 2. The van der Waals surface area contributed by atoms with Gasteiger partial charge >= 0.3 is 0 Å². The molecular formula is C15H20N2O. The van der Waals surface area contributed by atoms with Gasteiger partial charge in [0.2, 0.25) is 0 Å². The minimum atomic E-state index is -1.01. The molecule has 1 heterocycles. The molecule has 0 spiro atoms. The predicted molar refractivity (Wildman–Crippen MR) is 72.5 cm³/mol. The highest BCUT2D eigenvalue weighted by molar-refractivity contribution is 5.37. The molecule has 3 heteroatoms. The zero-order valence-electron chi connectivity index (χ0n) is 11.4. The van der Waals surface area contributed by atoms with Gasteiger partial charge in [0.1, 0.15) is 5.60 Å². The quantitative estimate of drug-likeness (QED) is 0.901. The summed E-state index contributed by atoms with van der Waals surface area (Å²) in [5.41, 5.74) is 3.15. The lowest BCUT2D eigenvalue weighted by atomic mass is 9.90. The molecule has 0 fully saturated rings. The Morgan fingerprint density at radius 1 is 1.22 bits per heavy atom. The van der Waals surface area contributed by atoms with Crippen molar-refractivity contribution < 1.29 is 5.11 Å².